The van der Waals surface area contributed by atoms with Crippen LogP contribution in [0.25, 0.3) is 10.8 Å². The highest BCUT2D eigenvalue weighted by atomic mass is 35.5. The fourth-order valence-corrected chi connectivity index (χ4v) is 5.35. The summed E-state index contributed by atoms with van der Waals surface area (Å²) in [6.07, 6.45) is 2.58. The maximum Gasteiger partial charge on any atom is 0.132 e. The Hall–Kier alpha value is -1.49. The van der Waals surface area contributed by atoms with Crippen LogP contribution in [0.1, 0.15) is 69.4 Å². The van der Waals surface area contributed by atoms with Gasteiger partial charge in [-0.25, -0.2) is 0 Å². The van der Waals surface area contributed by atoms with Gasteiger partial charge in [0.05, 0.1) is 17.2 Å². The van der Waals surface area contributed by atoms with Crippen molar-refractivity contribution in [1.29, 1.82) is 0 Å². The van der Waals surface area contributed by atoms with Crippen molar-refractivity contribution >= 4 is 22.4 Å². The van der Waals surface area contributed by atoms with Crippen molar-refractivity contribution in [1.82, 2.24) is 0 Å². The molecule has 0 amide bonds. The van der Waals surface area contributed by atoms with E-state index in [0.717, 1.165) is 35.1 Å². The molecule has 2 N–H and O–H groups in total. The van der Waals surface area contributed by atoms with Gasteiger partial charge in [0.1, 0.15) is 24.7 Å². The highest BCUT2D eigenvalue weighted by molar-refractivity contribution is 6.36. The lowest BCUT2D eigenvalue weighted by atomic mass is 9.87. The van der Waals surface area contributed by atoms with Crippen LogP contribution in [0.2, 0.25) is 5.02 Å². The van der Waals surface area contributed by atoms with Crippen LogP contribution in [-0.4, -0.2) is 35.6 Å². The van der Waals surface area contributed by atoms with Gasteiger partial charge in [-0.1, -0.05) is 44.5 Å². The predicted octanol–water partition coefficient (Wildman–Crippen LogP) is 5.40. The number of aliphatic hydroxyl groups excluding tert-OH is 2. The second kappa shape index (κ2) is 8.33. The summed E-state index contributed by atoms with van der Waals surface area (Å²) in [5.41, 5.74) is 2.44. The number of aliphatic hydroxyl groups is 2. The molecule has 158 valence electrons. The number of benzene rings is 2. The average molecular weight is 419 g/mol. The number of ether oxygens (including phenoxy) is 2. The van der Waals surface area contributed by atoms with Crippen molar-refractivity contribution in [2.75, 3.05) is 13.2 Å². The van der Waals surface area contributed by atoms with Crippen molar-refractivity contribution in [2.24, 2.45) is 5.92 Å². The molecule has 1 saturated carbocycles. The molecule has 5 heteroatoms. The van der Waals surface area contributed by atoms with Gasteiger partial charge in [-0.15, -0.1) is 0 Å². The zero-order chi connectivity index (χ0) is 20.7. The quantitative estimate of drug-likeness (QED) is 0.602. The van der Waals surface area contributed by atoms with Crippen molar-refractivity contribution < 1.29 is 19.7 Å². The molecule has 2 aromatic carbocycles. The third-order valence-electron chi connectivity index (χ3n) is 6.85. The summed E-state index contributed by atoms with van der Waals surface area (Å²) < 4.78 is 12.5. The van der Waals surface area contributed by atoms with E-state index in [-0.39, 0.29) is 13.2 Å². The molecule has 4 rings (SSSR count). The van der Waals surface area contributed by atoms with Gasteiger partial charge in [-0.3, -0.25) is 0 Å². The first-order chi connectivity index (χ1) is 14.0. The Morgan fingerprint density at radius 2 is 1.52 bits per heavy atom. The van der Waals surface area contributed by atoms with Gasteiger partial charge >= 0.3 is 0 Å². The lowest BCUT2D eigenvalue weighted by Gasteiger charge is -2.26. The number of fused-ring (bicyclic) bond motifs is 6. The Bertz CT molecular complexity index is 896. The molecule has 1 fully saturated rings. The highest BCUT2D eigenvalue weighted by Gasteiger charge is 2.48. The molecule has 2 aliphatic carbocycles. The van der Waals surface area contributed by atoms with Crippen LogP contribution in [0.3, 0.4) is 0 Å². The SMILES string of the molecule is CCC(O)COc1c2c(c(OCC(O)CC)c3c(Cl)cccc13)C1CCC2C1C. The predicted molar refractivity (Wildman–Crippen MR) is 116 cm³/mol. The van der Waals surface area contributed by atoms with E-state index >= 15 is 0 Å². The molecule has 0 aliphatic heterocycles. The van der Waals surface area contributed by atoms with Gasteiger partial charge in [0.2, 0.25) is 0 Å². The minimum absolute atomic E-state index is 0.254. The van der Waals surface area contributed by atoms with Crippen molar-refractivity contribution in [3.8, 4) is 11.5 Å². The zero-order valence-electron chi connectivity index (χ0n) is 17.5. The smallest absolute Gasteiger partial charge is 0.132 e. The summed E-state index contributed by atoms with van der Waals surface area (Å²) in [4.78, 5) is 0. The van der Waals surface area contributed by atoms with Gasteiger partial charge in [-0.05, 0) is 49.5 Å². The minimum atomic E-state index is -0.505. The largest absolute Gasteiger partial charge is 0.490 e. The first-order valence-electron chi connectivity index (χ1n) is 10.9. The standard InChI is InChI=1S/C24H31ClO4/c1-4-14(26)11-28-23-18-7-6-8-19(25)20(18)24(29-12-15(27)5-2)22-17-10-9-16(13(17)3)21(22)23/h6-8,13-17,26-27H,4-5,9-12H2,1-3H3. The monoisotopic (exact) mass is 418 g/mol. The summed E-state index contributed by atoms with van der Waals surface area (Å²) in [6, 6.07) is 5.83. The lowest BCUT2D eigenvalue weighted by molar-refractivity contribution is 0.102. The molecule has 5 unspecified atom stereocenters. The summed E-state index contributed by atoms with van der Waals surface area (Å²) in [5.74, 6) is 3.05. The Kier molecular flexibility index (Phi) is 5.97. The van der Waals surface area contributed by atoms with Crippen LogP contribution in [0.15, 0.2) is 18.2 Å². The van der Waals surface area contributed by atoms with Gasteiger partial charge in [0, 0.05) is 21.9 Å². The van der Waals surface area contributed by atoms with Crippen LogP contribution in [0.5, 0.6) is 11.5 Å². The van der Waals surface area contributed by atoms with Crippen molar-refractivity contribution in [3.05, 3.63) is 34.3 Å². The van der Waals surface area contributed by atoms with Crippen LogP contribution < -0.4 is 9.47 Å². The number of halogens is 1. The third-order valence-corrected chi connectivity index (χ3v) is 7.16. The fourth-order valence-electron chi connectivity index (χ4n) is 5.08. The summed E-state index contributed by atoms with van der Waals surface area (Å²) in [5, 5.41) is 22.6. The molecule has 0 aromatic heterocycles. The van der Waals surface area contributed by atoms with E-state index in [1.807, 2.05) is 32.0 Å². The molecule has 29 heavy (non-hydrogen) atoms. The topological polar surface area (TPSA) is 58.9 Å². The number of rotatable bonds is 8. The van der Waals surface area contributed by atoms with Crippen LogP contribution in [0.4, 0.5) is 0 Å². The van der Waals surface area contributed by atoms with E-state index in [2.05, 4.69) is 6.92 Å². The molecule has 0 radical (unpaired) electrons. The Morgan fingerprint density at radius 3 is 2.10 bits per heavy atom. The van der Waals surface area contributed by atoms with Crippen LogP contribution in [-0.2, 0) is 0 Å². The van der Waals surface area contributed by atoms with Gasteiger partial charge < -0.3 is 19.7 Å². The number of hydrogen-bond donors (Lipinski definition) is 2. The van der Waals surface area contributed by atoms with Crippen LogP contribution in [0, 0.1) is 5.92 Å². The second-order valence-electron chi connectivity index (χ2n) is 8.54. The van der Waals surface area contributed by atoms with Crippen molar-refractivity contribution in [2.45, 2.75) is 70.5 Å². The molecule has 2 aliphatic rings. The lowest BCUT2D eigenvalue weighted by Crippen LogP contribution is -2.19. The van der Waals surface area contributed by atoms with E-state index in [0.29, 0.717) is 35.6 Å². The molecule has 4 nitrogen and oxygen atoms in total. The maximum atomic E-state index is 10.1. The van der Waals surface area contributed by atoms with E-state index in [1.54, 1.807) is 0 Å². The van der Waals surface area contributed by atoms with Crippen LogP contribution >= 0.6 is 11.6 Å². The maximum absolute atomic E-state index is 10.1. The van der Waals surface area contributed by atoms with E-state index in [9.17, 15) is 10.2 Å². The van der Waals surface area contributed by atoms with Crippen molar-refractivity contribution in [3.63, 3.8) is 0 Å². The van der Waals surface area contributed by atoms with Gasteiger partial charge in [0.25, 0.3) is 0 Å². The number of hydrogen-bond acceptors (Lipinski definition) is 4. The van der Waals surface area contributed by atoms with E-state index in [4.69, 9.17) is 21.1 Å². The Balaban J connectivity index is 1.91. The normalized spacial score (nSPS) is 24.6. The molecular formula is C24H31ClO4. The second-order valence-corrected chi connectivity index (χ2v) is 8.95. The molecule has 5 atom stereocenters. The highest BCUT2D eigenvalue weighted by Crippen LogP contribution is 2.64. The molecule has 0 saturated heterocycles. The van der Waals surface area contributed by atoms with Gasteiger partial charge in [-0.2, -0.15) is 0 Å². The summed E-state index contributed by atoms with van der Waals surface area (Å²) >= 11 is 6.67. The molecule has 2 aromatic rings. The van der Waals surface area contributed by atoms with E-state index < -0.39 is 12.2 Å². The summed E-state index contributed by atoms with van der Waals surface area (Å²) in [6.45, 7) is 6.73. The van der Waals surface area contributed by atoms with Gasteiger partial charge in [0.15, 0.2) is 0 Å². The van der Waals surface area contributed by atoms with E-state index in [1.165, 1.54) is 11.1 Å². The first kappa shape index (κ1) is 20.8. The zero-order valence-corrected chi connectivity index (χ0v) is 18.2. The summed E-state index contributed by atoms with van der Waals surface area (Å²) in [7, 11) is 0. The molecule has 0 spiro atoms. The minimum Gasteiger partial charge on any atom is -0.490 e. The molecule has 0 heterocycles. The third kappa shape index (κ3) is 3.49. The molecular weight excluding hydrogens is 388 g/mol. The first-order valence-corrected chi connectivity index (χ1v) is 11.2. The average Bonchev–Trinajstić information content (AvgIpc) is 3.23. The fraction of sp³-hybridized carbons (Fsp3) is 0.583. The Morgan fingerprint density at radius 1 is 0.966 bits per heavy atom. The Labute approximate surface area is 177 Å². The molecule has 2 bridgehead atoms.